The van der Waals surface area contributed by atoms with Crippen LogP contribution in [0.25, 0.3) is 11.0 Å². The Morgan fingerprint density at radius 3 is 2.22 bits per heavy atom. The average Bonchev–Trinajstić information content (AvgIpc) is 3.12. The van der Waals surface area contributed by atoms with Crippen molar-refractivity contribution in [2.75, 3.05) is 21.3 Å². The zero-order valence-corrected chi connectivity index (χ0v) is 16.1. The number of ether oxygens (including phenoxy) is 3. The Bertz CT molecular complexity index is 951. The molecule has 0 aliphatic carbocycles. The third-order valence-electron chi connectivity index (χ3n) is 4.54. The van der Waals surface area contributed by atoms with Gasteiger partial charge < -0.3 is 23.9 Å². The van der Waals surface area contributed by atoms with Crippen LogP contribution in [-0.4, -0.2) is 27.2 Å². The lowest BCUT2D eigenvalue weighted by Gasteiger charge is -2.15. The zero-order valence-electron chi connectivity index (χ0n) is 16.1. The quantitative estimate of drug-likeness (QED) is 0.703. The number of carbonyl (C=O) groups excluding carboxylic acids is 1. The van der Waals surface area contributed by atoms with Crippen LogP contribution in [0.2, 0.25) is 0 Å². The van der Waals surface area contributed by atoms with Crippen molar-refractivity contribution in [2.24, 2.45) is 0 Å². The number of hydrogen-bond acceptors (Lipinski definition) is 5. The SMILES string of the molecule is COc1cc(C(=O)NC(C)c2cc3cccc(OC)c3o2)cc(OC)c1C. The van der Waals surface area contributed by atoms with Gasteiger partial charge in [0.1, 0.15) is 17.3 Å². The monoisotopic (exact) mass is 369 g/mol. The summed E-state index contributed by atoms with van der Waals surface area (Å²) in [4.78, 5) is 12.7. The topological polar surface area (TPSA) is 69.9 Å². The Morgan fingerprint density at radius 1 is 1.00 bits per heavy atom. The lowest BCUT2D eigenvalue weighted by atomic mass is 10.1. The summed E-state index contributed by atoms with van der Waals surface area (Å²) in [6, 6.07) is 10.6. The second-order valence-electron chi connectivity index (χ2n) is 6.23. The largest absolute Gasteiger partial charge is 0.496 e. The van der Waals surface area contributed by atoms with Crippen LogP contribution >= 0.6 is 0 Å². The predicted octanol–water partition coefficient (Wildman–Crippen LogP) is 4.26. The van der Waals surface area contributed by atoms with Crippen LogP contribution in [0, 0.1) is 6.92 Å². The van der Waals surface area contributed by atoms with Crippen molar-refractivity contribution in [3.05, 3.63) is 53.3 Å². The molecule has 6 nitrogen and oxygen atoms in total. The van der Waals surface area contributed by atoms with Crippen LogP contribution in [0.5, 0.6) is 17.2 Å². The first kappa shape index (κ1) is 18.6. The average molecular weight is 369 g/mol. The lowest BCUT2D eigenvalue weighted by Crippen LogP contribution is -2.26. The first-order chi connectivity index (χ1) is 13.0. The van der Waals surface area contributed by atoms with Gasteiger partial charge in [0, 0.05) is 16.5 Å². The summed E-state index contributed by atoms with van der Waals surface area (Å²) in [7, 11) is 4.72. The van der Waals surface area contributed by atoms with Crippen LogP contribution in [0.1, 0.15) is 34.6 Å². The summed E-state index contributed by atoms with van der Waals surface area (Å²) < 4.78 is 21.9. The maximum absolute atomic E-state index is 12.7. The molecule has 0 aliphatic heterocycles. The molecular formula is C21H23NO5. The van der Waals surface area contributed by atoms with E-state index < -0.39 is 0 Å². The highest BCUT2D eigenvalue weighted by Crippen LogP contribution is 2.32. The molecule has 6 heteroatoms. The highest BCUT2D eigenvalue weighted by Gasteiger charge is 2.19. The van der Waals surface area contributed by atoms with Crippen molar-refractivity contribution in [3.8, 4) is 17.2 Å². The van der Waals surface area contributed by atoms with Gasteiger partial charge in [-0.3, -0.25) is 4.79 Å². The minimum absolute atomic E-state index is 0.244. The number of carbonyl (C=O) groups is 1. The summed E-state index contributed by atoms with van der Waals surface area (Å²) in [6.07, 6.45) is 0. The van der Waals surface area contributed by atoms with E-state index in [-0.39, 0.29) is 11.9 Å². The van der Waals surface area contributed by atoms with Crippen LogP contribution in [0.15, 0.2) is 40.8 Å². The summed E-state index contributed by atoms with van der Waals surface area (Å²) in [5.74, 6) is 2.26. The van der Waals surface area contributed by atoms with Crippen LogP contribution < -0.4 is 19.5 Å². The summed E-state index contributed by atoms with van der Waals surface area (Å²) >= 11 is 0. The van der Waals surface area contributed by atoms with E-state index in [1.54, 1.807) is 33.5 Å². The fraction of sp³-hybridized carbons (Fsp3) is 0.286. The minimum atomic E-state index is -0.326. The molecule has 0 aliphatic rings. The fourth-order valence-corrected chi connectivity index (χ4v) is 3.00. The number of amides is 1. The molecule has 0 radical (unpaired) electrons. The second kappa shape index (κ2) is 7.61. The maximum atomic E-state index is 12.7. The van der Waals surface area contributed by atoms with Gasteiger partial charge in [-0.05, 0) is 38.1 Å². The standard InChI is InChI=1S/C21H23NO5/c1-12-17(25-4)10-15(11-18(12)26-5)21(23)22-13(2)19-9-14-7-6-8-16(24-3)20(14)27-19/h6-11,13H,1-5H3,(H,22,23). The minimum Gasteiger partial charge on any atom is -0.496 e. The molecular weight excluding hydrogens is 346 g/mol. The Labute approximate surface area is 158 Å². The lowest BCUT2D eigenvalue weighted by molar-refractivity contribution is 0.0935. The third-order valence-corrected chi connectivity index (χ3v) is 4.54. The van der Waals surface area contributed by atoms with Gasteiger partial charge in [0.2, 0.25) is 0 Å². The molecule has 3 rings (SSSR count). The molecule has 27 heavy (non-hydrogen) atoms. The van der Waals surface area contributed by atoms with Crippen molar-refractivity contribution >= 4 is 16.9 Å². The van der Waals surface area contributed by atoms with E-state index in [1.807, 2.05) is 38.1 Å². The molecule has 142 valence electrons. The molecule has 0 saturated heterocycles. The van der Waals surface area contributed by atoms with E-state index in [4.69, 9.17) is 18.6 Å². The Hall–Kier alpha value is -3.15. The molecule has 1 heterocycles. The fourth-order valence-electron chi connectivity index (χ4n) is 3.00. The van der Waals surface area contributed by atoms with Gasteiger partial charge in [0.25, 0.3) is 5.91 Å². The van der Waals surface area contributed by atoms with E-state index in [0.717, 1.165) is 10.9 Å². The first-order valence-corrected chi connectivity index (χ1v) is 8.58. The van der Waals surface area contributed by atoms with Crippen molar-refractivity contribution in [1.82, 2.24) is 5.32 Å². The first-order valence-electron chi connectivity index (χ1n) is 8.58. The molecule has 0 saturated carbocycles. The van der Waals surface area contributed by atoms with Gasteiger partial charge in [-0.15, -0.1) is 0 Å². The van der Waals surface area contributed by atoms with E-state index in [1.165, 1.54) is 0 Å². The van der Waals surface area contributed by atoms with Crippen LogP contribution in [0.4, 0.5) is 0 Å². The van der Waals surface area contributed by atoms with Crippen molar-refractivity contribution in [1.29, 1.82) is 0 Å². The molecule has 1 N–H and O–H groups in total. The van der Waals surface area contributed by atoms with Gasteiger partial charge in [-0.1, -0.05) is 12.1 Å². The molecule has 0 bridgehead atoms. The van der Waals surface area contributed by atoms with E-state index >= 15 is 0 Å². The van der Waals surface area contributed by atoms with Gasteiger partial charge in [-0.25, -0.2) is 0 Å². The predicted molar refractivity (Wildman–Crippen MR) is 103 cm³/mol. The molecule has 0 fully saturated rings. The smallest absolute Gasteiger partial charge is 0.252 e. The molecule has 1 aromatic heterocycles. The highest BCUT2D eigenvalue weighted by molar-refractivity contribution is 5.95. The number of hydrogen-bond donors (Lipinski definition) is 1. The van der Waals surface area contributed by atoms with Crippen LogP contribution in [0.3, 0.4) is 0 Å². The van der Waals surface area contributed by atoms with Crippen molar-refractivity contribution in [2.45, 2.75) is 19.9 Å². The van der Waals surface area contributed by atoms with E-state index in [9.17, 15) is 4.79 Å². The number of para-hydroxylation sites is 1. The highest BCUT2D eigenvalue weighted by atomic mass is 16.5. The van der Waals surface area contributed by atoms with E-state index in [2.05, 4.69) is 5.32 Å². The number of furan rings is 1. The third kappa shape index (κ3) is 3.56. The summed E-state index contributed by atoms with van der Waals surface area (Å²) in [5.41, 5.74) is 1.96. The molecule has 1 atom stereocenters. The van der Waals surface area contributed by atoms with Crippen LogP contribution in [-0.2, 0) is 0 Å². The Balaban J connectivity index is 1.86. The number of rotatable bonds is 6. The molecule has 0 spiro atoms. The normalized spacial score (nSPS) is 11.9. The molecule has 1 unspecified atom stereocenters. The number of methoxy groups -OCH3 is 3. The molecule has 1 amide bonds. The van der Waals surface area contributed by atoms with Crippen molar-refractivity contribution in [3.63, 3.8) is 0 Å². The number of fused-ring (bicyclic) bond motifs is 1. The second-order valence-corrected chi connectivity index (χ2v) is 6.23. The summed E-state index contributed by atoms with van der Waals surface area (Å²) in [5, 5.41) is 3.87. The van der Waals surface area contributed by atoms with Gasteiger partial charge in [0.05, 0.1) is 27.4 Å². The van der Waals surface area contributed by atoms with Gasteiger partial charge in [-0.2, -0.15) is 0 Å². The van der Waals surface area contributed by atoms with Gasteiger partial charge >= 0.3 is 0 Å². The molecule has 2 aromatic carbocycles. The number of benzene rings is 2. The summed E-state index contributed by atoms with van der Waals surface area (Å²) in [6.45, 7) is 3.74. The zero-order chi connectivity index (χ0) is 19.6. The van der Waals surface area contributed by atoms with E-state index in [0.29, 0.717) is 34.2 Å². The Morgan fingerprint density at radius 2 is 1.63 bits per heavy atom. The van der Waals surface area contributed by atoms with Gasteiger partial charge in [0.15, 0.2) is 11.3 Å². The molecule has 3 aromatic rings. The maximum Gasteiger partial charge on any atom is 0.252 e. The van der Waals surface area contributed by atoms with Crippen molar-refractivity contribution < 1.29 is 23.4 Å². The Kier molecular flexibility index (Phi) is 5.26. The number of nitrogens with one attached hydrogen (secondary N) is 1.